The van der Waals surface area contributed by atoms with Crippen molar-refractivity contribution in [3.8, 4) is 0 Å². The van der Waals surface area contributed by atoms with E-state index in [1.54, 1.807) is 0 Å². The Morgan fingerprint density at radius 3 is 2.20 bits per heavy atom. The monoisotopic (exact) mass is 273 g/mol. The van der Waals surface area contributed by atoms with Crippen molar-refractivity contribution in [2.75, 3.05) is 0 Å². The van der Waals surface area contributed by atoms with Gasteiger partial charge in [0.2, 0.25) is 0 Å². The quantitative estimate of drug-likeness (QED) is 0.810. The Labute approximate surface area is 119 Å². The Bertz CT molecular complexity index is 472. The lowest BCUT2D eigenvalue weighted by atomic mass is 9.84. The number of aromatic nitrogens is 3. The fourth-order valence-electron chi connectivity index (χ4n) is 4.09. The molecule has 4 heteroatoms. The Kier molecular flexibility index (Phi) is 3.12. The number of H-pyrrole nitrogens is 1. The number of aldehydes is 1. The van der Waals surface area contributed by atoms with Crippen LogP contribution in [0.4, 0.5) is 0 Å². The van der Waals surface area contributed by atoms with E-state index in [-0.39, 0.29) is 5.92 Å². The second kappa shape index (κ2) is 4.97. The first kappa shape index (κ1) is 12.5. The molecule has 0 aromatic carbocycles. The minimum Gasteiger partial charge on any atom is -0.328 e. The van der Waals surface area contributed by atoms with E-state index in [9.17, 15) is 4.79 Å². The number of hydrogen-bond acceptors (Lipinski definition) is 3. The van der Waals surface area contributed by atoms with E-state index in [1.807, 2.05) is 0 Å². The Balaban J connectivity index is 1.55. The van der Waals surface area contributed by atoms with Crippen molar-refractivity contribution < 1.29 is 4.79 Å². The zero-order valence-corrected chi connectivity index (χ0v) is 11.9. The maximum atomic E-state index is 11.7. The number of aromatic amines is 1. The molecule has 3 aliphatic rings. The Morgan fingerprint density at radius 2 is 1.65 bits per heavy atom. The third-order valence-corrected chi connectivity index (χ3v) is 5.47. The van der Waals surface area contributed by atoms with E-state index in [1.165, 1.54) is 51.4 Å². The molecule has 1 atom stereocenters. The summed E-state index contributed by atoms with van der Waals surface area (Å²) in [5.41, 5.74) is 0. The summed E-state index contributed by atoms with van der Waals surface area (Å²) in [4.78, 5) is 15.1. The van der Waals surface area contributed by atoms with Crippen molar-refractivity contribution in [1.82, 2.24) is 15.2 Å². The number of nitrogens with zero attached hydrogens (tertiary/aromatic N) is 2. The number of rotatable bonds is 6. The van der Waals surface area contributed by atoms with Gasteiger partial charge < -0.3 is 9.78 Å². The van der Waals surface area contributed by atoms with Crippen molar-refractivity contribution in [2.24, 2.45) is 17.8 Å². The van der Waals surface area contributed by atoms with Crippen molar-refractivity contribution >= 4 is 6.29 Å². The molecule has 1 unspecified atom stereocenters. The highest BCUT2D eigenvalue weighted by Gasteiger charge is 2.46. The molecule has 1 aromatic rings. The second-order valence-corrected chi connectivity index (χ2v) is 6.99. The van der Waals surface area contributed by atoms with Gasteiger partial charge in [0.05, 0.1) is 5.92 Å². The molecule has 4 nitrogen and oxygen atoms in total. The van der Waals surface area contributed by atoms with Gasteiger partial charge in [-0.2, -0.15) is 0 Å². The van der Waals surface area contributed by atoms with Crippen LogP contribution in [0, 0.1) is 17.8 Å². The Morgan fingerprint density at radius 1 is 1.00 bits per heavy atom. The summed E-state index contributed by atoms with van der Waals surface area (Å²) in [5, 5.41) is 8.68. The molecule has 0 aliphatic heterocycles. The highest BCUT2D eigenvalue weighted by Crippen LogP contribution is 2.54. The standard InChI is InChI=1S/C16H23N3O/c20-9-13(14(10-5-6-10)11-7-8-11)16-17-15(18-19-16)12-3-1-2-4-12/h9-14H,1-8H2,(H,17,18,19). The lowest BCUT2D eigenvalue weighted by molar-refractivity contribution is -0.110. The molecule has 0 spiro atoms. The van der Waals surface area contributed by atoms with E-state index >= 15 is 0 Å². The van der Waals surface area contributed by atoms with E-state index in [2.05, 4.69) is 15.2 Å². The van der Waals surface area contributed by atoms with Crippen molar-refractivity contribution in [1.29, 1.82) is 0 Å². The lowest BCUT2D eigenvalue weighted by Gasteiger charge is -2.20. The number of nitrogens with one attached hydrogen (secondary N) is 1. The molecule has 0 radical (unpaired) electrons. The van der Waals surface area contributed by atoms with Crippen LogP contribution in [0.1, 0.15) is 74.9 Å². The first-order chi connectivity index (χ1) is 9.86. The molecule has 20 heavy (non-hydrogen) atoms. The van der Waals surface area contributed by atoms with Gasteiger partial charge in [-0.3, -0.25) is 0 Å². The molecule has 108 valence electrons. The molecular formula is C16H23N3O. The minimum atomic E-state index is -0.0438. The largest absolute Gasteiger partial charge is 0.328 e. The molecule has 1 N–H and O–H groups in total. The zero-order valence-electron chi connectivity index (χ0n) is 11.9. The average molecular weight is 273 g/mol. The van der Waals surface area contributed by atoms with Crippen LogP contribution in [0.3, 0.4) is 0 Å². The van der Waals surface area contributed by atoms with Crippen molar-refractivity contribution in [3.63, 3.8) is 0 Å². The van der Waals surface area contributed by atoms with Crippen LogP contribution in [0.5, 0.6) is 0 Å². The van der Waals surface area contributed by atoms with Gasteiger partial charge in [-0.25, -0.2) is 0 Å². The second-order valence-electron chi connectivity index (χ2n) is 6.99. The van der Waals surface area contributed by atoms with Gasteiger partial charge in [0.15, 0.2) is 0 Å². The van der Waals surface area contributed by atoms with Gasteiger partial charge in [-0.05, 0) is 56.3 Å². The summed E-state index contributed by atoms with van der Waals surface area (Å²) in [6.07, 6.45) is 11.4. The first-order valence-electron chi connectivity index (χ1n) is 8.24. The summed E-state index contributed by atoms with van der Waals surface area (Å²) in [7, 11) is 0. The van der Waals surface area contributed by atoms with Gasteiger partial charge in [0.1, 0.15) is 17.9 Å². The van der Waals surface area contributed by atoms with Crippen molar-refractivity contribution in [2.45, 2.75) is 63.2 Å². The molecule has 0 amide bonds. The van der Waals surface area contributed by atoms with Crippen LogP contribution in [-0.4, -0.2) is 21.5 Å². The maximum absolute atomic E-state index is 11.7. The van der Waals surface area contributed by atoms with Crippen LogP contribution < -0.4 is 0 Å². The third-order valence-electron chi connectivity index (χ3n) is 5.47. The smallest absolute Gasteiger partial charge is 0.140 e. The summed E-state index contributed by atoms with van der Waals surface area (Å²) in [6.45, 7) is 0. The summed E-state index contributed by atoms with van der Waals surface area (Å²) in [5.74, 6) is 4.41. The predicted molar refractivity (Wildman–Crippen MR) is 75.3 cm³/mol. The molecule has 3 fully saturated rings. The van der Waals surface area contributed by atoms with Crippen LogP contribution >= 0.6 is 0 Å². The third kappa shape index (κ3) is 2.29. The van der Waals surface area contributed by atoms with Gasteiger partial charge in [0.25, 0.3) is 0 Å². The van der Waals surface area contributed by atoms with Gasteiger partial charge >= 0.3 is 0 Å². The van der Waals surface area contributed by atoms with Crippen LogP contribution in [0.15, 0.2) is 0 Å². The van der Waals surface area contributed by atoms with E-state index in [4.69, 9.17) is 0 Å². The first-order valence-corrected chi connectivity index (χ1v) is 8.24. The number of hydrogen-bond donors (Lipinski definition) is 1. The molecule has 1 heterocycles. The molecule has 3 saturated carbocycles. The van der Waals surface area contributed by atoms with Crippen LogP contribution in [0.2, 0.25) is 0 Å². The SMILES string of the molecule is O=CC(c1nnc(C2CCCC2)[nH]1)C(C1CC1)C1CC1. The molecule has 0 bridgehead atoms. The Hall–Kier alpha value is -1.19. The fourth-order valence-corrected chi connectivity index (χ4v) is 4.09. The van der Waals surface area contributed by atoms with E-state index in [0.717, 1.165) is 29.8 Å². The van der Waals surface area contributed by atoms with Crippen molar-refractivity contribution in [3.05, 3.63) is 11.6 Å². The van der Waals surface area contributed by atoms with E-state index in [0.29, 0.717) is 11.8 Å². The fraction of sp³-hybridized carbons (Fsp3) is 0.812. The summed E-state index contributed by atoms with van der Waals surface area (Å²) < 4.78 is 0. The highest BCUT2D eigenvalue weighted by atomic mass is 16.1. The minimum absolute atomic E-state index is 0.0438. The predicted octanol–water partition coefficient (Wildman–Crippen LogP) is 3.18. The van der Waals surface area contributed by atoms with Gasteiger partial charge in [-0.15, -0.1) is 10.2 Å². The van der Waals surface area contributed by atoms with Crippen LogP contribution in [-0.2, 0) is 4.79 Å². The normalized spacial score (nSPS) is 25.2. The highest BCUT2D eigenvalue weighted by molar-refractivity contribution is 5.61. The average Bonchev–Trinajstić information content (AvgIpc) is 3.37. The molecule has 4 rings (SSSR count). The van der Waals surface area contributed by atoms with Gasteiger partial charge in [-0.1, -0.05) is 12.8 Å². The maximum Gasteiger partial charge on any atom is 0.140 e. The number of carbonyl (C=O) groups is 1. The molecule has 0 saturated heterocycles. The van der Waals surface area contributed by atoms with E-state index < -0.39 is 0 Å². The zero-order chi connectivity index (χ0) is 13.5. The van der Waals surface area contributed by atoms with Crippen LogP contribution in [0.25, 0.3) is 0 Å². The summed E-state index contributed by atoms with van der Waals surface area (Å²) in [6, 6.07) is 0. The lowest BCUT2D eigenvalue weighted by Crippen LogP contribution is -2.20. The molecular weight excluding hydrogens is 250 g/mol. The topological polar surface area (TPSA) is 58.6 Å². The molecule has 1 aromatic heterocycles. The molecule has 3 aliphatic carbocycles. The number of carbonyl (C=O) groups excluding carboxylic acids is 1. The van der Waals surface area contributed by atoms with Gasteiger partial charge in [0, 0.05) is 5.92 Å². The summed E-state index contributed by atoms with van der Waals surface area (Å²) >= 11 is 0.